The molecule has 1 amide bonds. The molecule has 1 atom stereocenters. The molecule has 0 bridgehead atoms. The van der Waals surface area contributed by atoms with Gasteiger partial charge in [-0.25, -0.2) is 8.78 Å². The van der Waals surface area contributed by atoms with E-state index in [9.17, 15) is 18.4 Å². The molecule has 1 aliphatic heterocycles. The molecule has 2 rings (SSSR count). The van der Waals surface area contributed by atoms with Crippen LogP contribution < -0.4 is 4.90 Å². The van der Waals surface area contributed by atoms with E-state index in [1.807, 2.05) is 0 Å². The van der Waals surface area contributed by atoms with Crippen molar-refractivity contribution < 1.29 is 18.4 Å². The predicted molar refractivity (Wildman–Crippen MR) is 70.1 cm³/mol. The maximum Gasteiger partial charge on any atom is 0.228 e. The number of nitrogens with zero attached hydrogens (tertiary/aromatic N) is 1. The molecule has 1 saturated heterocycles. The SMILES string of the molecule is CC(=O)SC1CC(=O)N(c2c(F)ccc(C)c2F)C1. The zero-order valence-electron chi connectivity index (χ0n) is 10.6. The standard InChI is InChI=1S/C13H13F2NO2S/c1-7-3-4-10(14)13(12(7)15)16-6-9(5-11(16)18)19-8(2)17/h3-4,9H,5-6H2,1-2H3. The highest BCUT2D eigenvalue weighted by Gasteiger charge is 2.35. The van der Waals surface area contributed by atoms with Crippen LogP contribution in [0.15, 0.2) is 12.1 Å². The second-order valence-corrected chi connectivity index (χ2v) is 5.94. The van der Waals surface area contributed by atoms with Gasteiger partial charge in [-0.1, -0.05) is 17.8 Å². The second-order valence-electron chi connectivity index (χ2n) is 4.47. The third-order valence-electron chi connectivity index (χ3n) is 2.95. The highest BCUT2D eigenvalue weighted by atomic mass is 32.2. The molecule has 0 spiro atoms. The van der Waals surface area contributed by atoms with Gasteiger partial charge in [-0.2, -0.15) is 0 Å². The number of hydrogen-bond donors (Lipinski definition) is 0. The number of hydrogen-bond acceptors (Lipinski definition) is 3. The van der Waals surface area contributed by atoms with Crippen LogP contribution in [-0.2, 0) is 9.59 Å². The quantitative estimate of drug-likeness (QED) is 0.838. The molecule has 1 aromatic rings. The molecule has 1 unspecified atom stereocenters. The molecular formula is C13H13F2NO2S. The van der Waals surface area contributed by atoms with Crippen LogP contribution in [0.4, 0.5) is 14.5 Å². The molecule has 1 heterocycles. The molecule has 6 heteroatoms. The topological polar surface area (TPSA) is 37.4 Å². The molecule has 0 aliphatic carbocycles. The van der Waals surface area contributed by atoms with Crippen LogP contribution in [0.3, 0.4) is 0 Å². The van der Waals surface area contributed by atoms with Crippen LogP contribution >= 0.6 is 11.8 Å². The maximum absolute atomic E-state index is 14.0. The third-order valence-corrected chi connectivity index (χ3v) is 3.93. The first-order chi connectivity index (χ1) is 8.90. The summed E-state index contributed by atoms with van der Waals surface area (Å²) in [7, 11) is 0. The summed E-state index contributed by atoms with van der Waals surface area (Å²) >= 11 is 1.03. The summed E-state index contributed by atoms with van der Waals surface area (Å²) in [6, 6.07) is 2.48. The van der Waals surface area contributed by atoms with Gasteiger partial charge in [0.25, 0.3) is 0 Å². The Bertz CT molecular complexity index is 548. The van der Waals surface area contributed by atoms with Gasteiger partial charge in [-0.05, 0) is 18.6 Å². The van der Waals surface area contributed by atoms with Crippen molar-refractivity contribution in [3.05, 3.63) is 29.3 Å². The van der Waals surface area contributed by atoms with Crippen molar-refractivity contribution in [3.8, 4) is 0 Å². The van der Waals surface area contributed by atoms with Gasteiger partial charge >= 0.3 is 0 Å². The van der Waals surface area contributed by atoms with Crippen molar-refractivity contribution in [3.63, 3.8) is 0 Å². The minimum absolute atomic E-state index is 0.107. The lowest BCUT2D eigenvalue weighted by atomic mass is 10.2. The van der Waals surface area contributed by atoms with Crippen molar-refractivity contribution >= 4 is 28.5 Å². The Morgan fingerprint density at radius 2 is 2.11 bits per heavy atom. The average Bonchev–Trinajstić information content (AvgIpc) is 2.65. The molecule has 0 radical (unpaired) electrons. The highest BCUT2D eigenvalue weighted by Crippen LogP contribution is 2.33. The number of rotatable bonds is 2. The molecule has 102 valence electrons. The lowest BCUT2D eigenvalue weighted by Crippen LogP contribution is -2.27. The molecule has 1 aromatic carbocycles. The van der Waals surface area contributed by atoms with E-state index in [1.165, 1.54) is 19.9 Å². The van der Waals surface area contributed by atoms with Crippen molar-refractivity contribution in [1.29, 1.82) is 0 Å². The first kappa shape index (κ1) is 14.0. The van der Waals surface area contributed by atoms with Gasteiger partial charge in [0.05, 0.1) is 0 Å². The fourth-order valence-corrected chi connectivity index (χ4v) is 3.01. The smallest absolute Gasteiger partial charge is 0.228 e. The Kier molecular flexibility index (Phi) is 3.89. The van der Waals surface area contributed by atoms with Crippen molar-refractivity contribution in [2.24, 2.45) is 0 Å². The number of carbonyl (C=O) groups is 2. The summed E-state index contributed by atoms with van der Waals surface area (Å²) in [6.07, 6.45) is 0.122. The molecule has 0 aromatic heterocycles. The van der Waals surface area contributed by atoms with Crippen LogP contribution in [0, 0.1) is 18.6 Å². The van der Waals surface area contributed by atoms with E-state index in [0.29, 0.717) is 0 Å². The maximum atomic E-state index is 14.0. The lowest BCUT2D eigenvalue weighted by Gasteiger charge is -2.18. The third kappa shape index (κ3) is 2.78. The van der Waals surface area contributed by atoms with E-state index >= 15 is 0 Å². The van der Waals surface area contributed by atoms with Crippen molar-refractivity contribution in [2.45, 2.75) is 25.5 Å². The van der Waals surface area contributed by atoms with Crippen molar-refractivity contribution in [1.82, 2.24) is 0 Å². The van der Waals surface area contributed by atoms with E-state index in [1.54, 1.807) is 0 Å². The molecule has 1 aliphatic rings. The van der Waals surface area contributed by atoms with Crippen LogP contribution in [0.1, 0.15) is 18.9 Å². The molecule has 0 saturated carbocycles. The normalized spacial score (nSPS) is 19.1. The lowest BCUT2D eigenvalue weighted by molar-refractivity contribution is -0.117. The fourth-order valence-electron chi connectivity index (χ4n) is 2.09. The number of amides is 1. The first-order valence-corrected chi connectivity index (χ1v) is 6.70. The zero-order chi connectivity index (χ0) is 14.2. The number of carbonyl (C=O) groups excluding carboxylic acids is 2. The van der Waals surface area contributed by atoms with Gasteiger partial charge in [-0.3, -0.25) is 9.59 Å². The van der Waals surface area contributed by atoms with Gasteiger partial charge in [0.1, 0.15) is 11.5 Å². The number of thioether (sulfide) groups is 1. The summed E-state index contributed by atoms with van der Waals surface area (Å²) in [5.74, 6) is -1.84. The van der Waals surface area contributed by atoms with E-state index in [0.717, 1.165) is 22.7 Å². The Balaban J connectivity index is 2.31. The van der Waals surface area contributed by atoms with Crippen LogP contribution in [0.25, 0.3) is 0 Å². The molecule has 3 nitrogen and oxygen atoms in total. The van der Waals surface area contributed by atoms with E-state index < -0.39 is 11.6 Å². The average molecular weight is 285 g/mol. The van der Waals surface area contributed by atoms with Crippen molar-refractivity contribution in [2.75, 3.05) is 11.4 Å². The Labute approximate surface area is 114 Å². The summed E-state index contributed by atoms with van der Waals surface area (Å²) in [5, 5.41) is -0.353. The van der Waals surface area contributed by atoms with Gasteiger partial charge in [-0.15, -0.1) is 0 Å². The largest absolute Gasteiger partial charge is 0.306 e. The fraction of sp³-hybridized carbons (Fsp3) is 0.385. The Morgan fingerprint density at radius 3 is 2.74 bits per heavy atom. The Morgan fingerprint density at radius 1 is 1.42 bits per heavy atom. The monoisotopic (exact) mass is 285 g/mol. The summed E-state index contributed by atoms with van der Waals surface area (Å²) < 4.78 is 27.7. The number of halogens is 2. The second kappa shape index (κ2) is 5.28. The van der Waals surface area contributed by atoms with Gasteiger partial charge in [0, 0.05) is 25.1 Å². The summed E-state index contributed by atoms with van der Waals surface area (Å²) in [4.78, 5) is 24.0. The highest BCUT2D eigenvalue weighted by molar-refractivity contribution is 8.14. The first-order valence-electron chi connectivity index (χ1n) is 5.82. The zero-order valence-corrected chi connectivity index (χ0v) is 11.4. The number of benzene rings is 1. The summed E-state index contributed by atoms with van der Waals surface area (Å²) in [5.41, 5.74) is -0.0245. The van der Waals surface area contributed by atoms with E-state index in [2.05, 4.69) is 0 Å². The molecule has 0 N–H and O–H groups in total. The summed E-state index contributed by atoms with van der Waals surface area (Å²) in [6.45, 7) is 3.08. The van der Waals surface area contributed by atoms with E-state index in [4.69, 9.17) is 0 Å². The minimum Gasteiger partial charge on any atom is -0.306 e. The van der Waals surface area contributed by atoms with Gasteiger partial charge < -0.3 is 4.90 Å². The molecule has 19 heavy (non-hydrogen) atoms. The van der Waals surface area contributed by atoms with Gasteiger partial charge in [0.2, 0.25) is 5.91 Å². The number of aryl methyl sites for hydroxylation is 1. The van der Waals surface area contributed by atoms with E-state index in [-0.39, 0.29) is 40.5 Å². The molecule has 1 fully saturated rings. The minimum atomic E-state index is -0.759. The van der Waals surface area contributed by atoms with Crippen LogP contribution in [-0.4, -0.2) is 22.8 Å². The van der Waals surface area contributed by atoms with Gasteiger partial charge in [0.15, 0.2) is 10.9 Å². The molecular weight excluding hydrogens is 272 g/mol. The Hall–Kier alpha value is -1.43. The van der Waals surface area contributed by atoms with Crippen LogP contribution in [0.5, 0.6) is 0 Å². The predicted octanol–water partition coefficient (Wildman–Crippen LogP) is 2.66. The van der Waals surface area contributed by atoms with Crippen LogP contribution in [0.2, 0.25) is 0 Å². The number of anilines is 1.